The number of benzene rings is 1. The van der Waals surface area contributed by atoms with Gasteiger partial charge in [-0.1, -0.05) is 55.8 Å². The summed E-state index contributed by atoms with van der Waals surface area (Å²) in [4.78, 5) is 2.28. The molecule has 0 aliphatic carbocycles. The molecule has 1 nitrogen and oxygen atoms in total. The van der Waals surface area contributed by atoms with Crippen molar-refractivity contribution < 1.29 is 0 Å². The van der Waals surface area contributed by atoms with E-state index in [9.17, 15) is 0 Å². The summed E-state index contributed by atoms with van der Waals surface area (Å²) >= 11 is 0. The van der Waals surface area contributed by atoms with Crippen molar-refractivity contribution in [3.05, 3.63) is 60.8 Å². The van der Waals surface area contributed by atoms with E-state index in [2.05, 4.69) is 54.9 Å². The lowest BCUT2D eigenvalue weighted by molar-refractivity contribution is 0.408. The maximum atomic E-state index is 3.79. The number of rotatable bonds is 7. The van der Waals surface area contributed by atoms with E-state index in [-0.39, 0.29) is 0 Å². The lowest BCUT2D eigenvalue weighted by Crippen LogP contribution is -2.16. The van der Waals surface area contributed by atoms with Crippen LogP contribution in [0.2, 0.25) is 0 Å². The Balaban J connectivity index is 2.54. The molecule has 0 aliphatic rings. The maximum Gasteiger partial charge on any atom is 0.0427 e. The smallest absolute Gasteiger partial charge is 0.0427 e. The lowest BCUT2D eigenvalue weighted by Gasteiger charge is -2.18. The highest BCUT2D eigenvalue weighted by Gasteiger charge is 1.97. The molecule has 0 aliphatic heterocycles. The minimum Gasteiger partial charge on any atom is -0.370 e. The quantitative estimate of drug-likeness (QED) is 0.622. The number of unbranched alkanes of at least 4 members (excludes halogenated alkanes) is 1. The molecule has 0 saturated carbocycles. The Labute approximate surface area is 99.1 Å². The summed E-state index contributed by atoms with van der Waals surface area (Å²) in [5, 5.41) is 0. The van der Waals surface area contributed by atoms with Gasteiger partial charge in [-0.15, -0.1) is 6.58 Å². The first kappa shape index (κ1) is 12.6. The molecule has 86 valence electrons. The third-order valence-electron chi connectivity index (χ3n) is 2.36. The van der Waals surface area contributed by atoms with Gasteiger partial charge < -0.3 is 4.90 Å². The summed E-state index contributed by atoms with van der Waals surface area (Å²) < 4.78 is 0. The first-order valence-corrected chi connectivity index (χ1v) is 5.92. The van der Waals surface area contributed by atoms with Gasteiger partial charge in [0.2, 0.25) is 0 Å². The van der Waals surface area contributed by atoms with Crippen LogP contribution in [0.25, 0.3) is 0 Å². The second-order valence-corrected chi connectivity index (χ2v) is 3.88. The van der Waals surface area contributed by atoms with Crippen molar-refractivity contribution in [3.63, 3.8) is 0 Å². The molecule has 0 atom stereocenters. The molecule has 1 aromatic rings. The molecule has 0 amide bonds. The fraction of sp³-hybridized carbons (Fsp3) is 0.333. The molecule has 1 rings (SSSR count). The average Bonchev–Trinajstić information content (AvgIpc) is 2.31. The van der Waals surface area contributed by atoms with Crippen molar-refractivity contribution in [2.24, 2.45) is 0 Å². The minimum atomic E-state index is 0.898. The van der Waals surface area contributed by atoms with Crippen LogP contribution in [0, 0.1) is 0 Å². The highest BCUT2D eigenvalue weighted by molar-refractivity contribution is 5.15. The number of hydrogen-bond acceptors (Lipinski definition) is 1. The zero-order valence-electron chi connectivity index (χ0n) is 10.1. The Morgan fingerprint density at radius 1 is 1.25 bits per heavy atom. The first-order chi connectivity index (χ1) is 7.86. The van der Waals surface area contributed by atoms with Gasteiger partial charge in [-0.05, 0) is 18.2 Å². The average molecular weight is 215 g/mol. The van der Waals surface area contributed by atoms with Crippen LogP contribution in [0.3, 0.4) is 0 Å². The van der Waals surface area contributed by atoms with Crippen LogP contribution in [0.4, 0.5) is 0 Å². The minimum absolute atomic E-state index is 0.898. The van der Waals surface area contributed by atoms with Crippen molar-refractivity contribution in [2.45, 2.75) is 26.3 Å². The van der Waals surface area contributed by atoms with E-state index in [4.69, 9.17) is 0 Å². The summed E-state index contributed by atoms with van der Waals surface area (Å²) in [6, 6.07) is 10.5. The van der Waals surface area contributed by atoms with Gasteiger partial charge in [-0.2, -0.15) is 0 Å². The van der Waals surface area contributed by atoms with Gasteiger partial charge >= 0.3 is 0 Å². The van der Waals surface area contributed by atoms with Crippen molar-refractivity contribution in [1.29, 1.82) is 0 Å². The van der Waals surface area contributed by atoms with E-state index >= 15 is 0 Å². The third kappa shape index (κ3) is 4.83. The second-order valence-electron chi connectivity index (χ2n) is 3.88. The van der Waals surface area contributed by atoms with E-state index in [0.717, 1.165) is 19.5 Å². The van der Waals surface area contributed by atoms with Crippen LogP contribution in [0.15, 0.2) is 55.3 Å². The van der Waals surface area contributed by atoms with Crippen LogP contribution in [0.5, 0.6) is 0 Å². The molecular formula is C15H21N. The molecule has 1 aromatic carbocycles. The van der Waals surface area contributed by atoms with Gasteiger partial charge in [-0.3, -0.25) is 0 Å². The second kappa shape index (κ2) is 7.75. The molecular weight excluding hydrogens is 194 g/mol. The van der Waals surface area contributed by atoms with Gasteiger partial charge in [-0.25, -0.2) is 0 Å². The van der Waals surface area contributed by atoms with Crippen LogP contribution >= 0.6 is 0 Å². The van der Waals surface area contributed by atoms with Gasteiger partial charge in [0.05, 0.1) is 0 Å². The zero-order chi connectivity index (χ0) is 11.6. The van der Waals surface area contributed by atoms with Crippen molar-refractivity contribution in [3.8, 4) is 0 Å². The predicted molar refractivity (Wildman–Crippen MR) is 71.1 cm³/mol. The molecule has 0 spiro atoms. The number of hydrogen-bond donors (Lipinski definition) is 0. The fourth-order valence-electron chi connectivity index (χ4n) is 1.55. The van der Waals surface area contributed by atoms with E-state index in [1.807, 2.05) is 12.1 Å². The van der Waals surface area contributed by atoms with Gasteiger partial charge in [0.1, 0.15) is 0 Å². The third-order valence-corrected chi connectivity index (χ3v) is 2.36. The molecule has 0 unspecified atom stereocenters. The summed E-state index contributed by atoms with van der Waals surface area (Å²) in [5.74, 6) is 0. The Morgan fingerprint density at radius 3 is 2.62 bits per heavy atom. The topological polar surface area (TPSA) is 3.24 Å². The highest BCUT2D eigenvalue weighted by Crippen LogP contribution is 2.05. The summed E-state index contributed by atoms with van der Waals surface area (Å²) in [5.41, 5.74) is 1.34. The van der Waals surface area contributed by atoms with E-state index in [1.54, 1.807) is 0 Å². The van der Waals surface area contributed by atoms with Crippen LogP contribution in [-0.4, -0.2) is 11.4 Å². The Hall–Kier alpha value is -1.50. The van der Waals surface area contributed by atoms with Crippen LogP contribution in [0.1, 0.15) is 25.3 Å². The summed E-state index contributed by atoms with van der Waals surface area (Å²) in [6.45, 7) is 7.84. The van der Waals surface area contributed by atoms with Crippen molar-refractivity contribution >= 4 is 0 Å². The summed E-state index contributed by atoms with van der Waals surface area (Å²) in [7, 11) is 0. The molecule has 0 saturated heterocycles. The molecule has 0 aromatic heterocycles. The SMILES string of the molecule is C=CCN(/C=C/CCC)Cc1ccccc1. The van der Waals surface area contributed by atoms with Gasteiger partial charge in [0.25, 0.3) is 0 Å². The largest absolute Gasteiger partial charge is 0.370 e. The highest BCUT2D eigenvalue weighted by atomic mass is 15.1. The zero-order valence-corrected chi connectivity index (χ0v) is 10.1. The van der Waals surface area contributed by atoms with E-state index < -0.39 is 0 Å². The van der Waals surface area contributed by atoms with Crippen molar-refractivity contribution in [2.75, 3.05) is 6.54 Å². The first-order valence-electron chi connectivity index (χ1n) is 5.92. The lowest BCUT2D eigenvalue weighted by atomic mass is 10.2. The summed E-state index contributed by atoms with van der Waals surface area (Å²) in [6.07, 6.45) is 8.69. The predicted octanol–water partition coefficient (Wildman–Crippen LogP) is 3.99. The Morgan fingerprint density at radius 2 is 2.00 bits per heavy atom. The monoisotopic (exact) mass is 215 g/mol. The number of nitrogens with zero attached hydrogens (tertiary/aromatic N) is 1. The molecule has 0 fully saturated rings. The Kier molecular flexibility index (Phi) is 6.09. The molecule has 0 radical (unpaired) electrons. The van der Waals surface area contributed by atoms with Crippen molar-refractivity contribution in [1.82, 2.24) is 4.90 Å². The normalized spacial score (nSPS) is 10.6. The Bertz CT molecular complexity index is 313. The number of allylic oxidation sites excluding steroid dienone is 1. The molecule has 16 heavy (non-hydrogen) atoms. The fourth-order valence-corrected chi connectivity index (χ4v) is 1.55. The van der Waals surface area contributed by atoms with E-state index in [1.165, 1.54) is 12.0 Å². The van der Waals surface area contributed by atoms with Gasteiger partial charge in [0, 0.05) is 13.1 Å². The molecule has 0 heterocycles. The van der Waals surface area contributed by atoms with E-state index in [0.29, 0.717) is 0 Å². The molecule has 0 N–H and O–H groups in total. The standard InChI is InChI=1S/C15H21N/c1-3-5-9-13-16(12-4-2)14-15-10-7-6-8-11-15/h4,6-11,13H,2-3,5,12,14H2,1H3/b13-9+. The molecule has 0 bridgehead atoms. The molecule has 1 heteroatoms. The van der Waals surface area contributed by atoms with Crippen LogP contribution in [-0.2, 0) is 6.54 Å². The van der Waals surface area contributed by atoms with Crippen LogP contribution < -0.4 is 0 Å². The maximum absolute atomic E-state index is 3.79. The van der Waals surface area contributed by atoms with Gasteiger partial charge in [0.15, 0.2) is 0 Å².